The van der Waals surface area contributed by atoms with E-state index in [1.807, 2.05) is 6.92 Å². The van der Waals surface area contributed by atoms with Crippen molar-refractivity contribution >= 4 is 29.1 Å². The third kappa shape index (κ3) is 4.33. The Hall–Kier alpha value is -2.34. The molecule has 2 aromatic rings. The monoisotopic (exact) mass is 388 g/mol. The van der Waals surface area contributed by atoms with Gasteiger partial charge in [-0.15, -0.1) is 0 Å². The Kier molecular flexibility index (Phi) is 6.16. The van der Waals surface area contributed by atoms with Crippen LogP contribution in [0.4, 0.5) is 11.6 Å². The van der Waals surface area contributed by atoms with Crippen LogP contribution in [0.1, 0.15) is 48.5 Å². The third-order valence-electron chi connectivity index (χ3n) is 4.98. The number of nitrogens with zero attached hydrogens (tertiary/aromatic N) is 3. The normalized spacial score (nSPS) is 16.9. The molecule has 1 amide bonds. The summed E-state index contributed by atoms with van der Waals surface area (Å²) in [5, 5.41) is 3.44. The van der Waals surface area contributed by atoms with E-state index in [0.29, 0.717) is 34.0 Å². The topological polar surface area (TPSA) is 67.4 Å². The molecule has 2 heterocycles. The smallest absolute Gasteiger partial charge is 0.258 e. The molecule has 1 saturated heterocycles. The van der Waals surface area contributed by atoms with E-state index in [9.17, 15) is 4.79 Å². The summed E-state index contributed by atoms with van der Waals surface area (Å²) in [6.07, 6.45) is 7.79. The fourth-order valence-corrected chi connectivity index (χ4v) is 3.55. The number of hydrogen-bond donors (Lipinski definition) is 1. The molecule has 0 radical (unpaired) electrons. The van der Waals surface area contributed by atoms with Crippen LogP contribution in [-0.4, -0.2) is 35.6 Å². The molecule has 1 atom stereocenters. The molecule has 1 aromatic heterocycles. The molecule has 0 bridgehead atoms. The number of carbonyl (C=O) groups excluding carboxylic acids is 1. The molecule has 1 aliphatic rings. The molecule has 27 heavy (non-hydrogen) atoms. The minimum Gasteiger partial charge on any atom is -0.495 e. The van der Waals surface area contributed by atoms with Gasteiger partial charge in [-0.1, -0.05) is 18.5 Å². The van der Waals surface area contributed by atoms with Crippen molar-refractivity contribution in [2.75, 3.05) is 23.9 Å². The number of nitrogens with one attached hydrogen (secondary N) is 1. The molecule has 1 fully saturated rings. The Bertz CT molecular complexity index is 810. The highest BCUT2D eigenvalue weighted by Gasteiger charge is 2.23. The molecule has 3 rings (SSSR count). The SMILES string of the molecule is CCC1CCCCN1c1ncc(C(=O)Nc2cc(C)c(Cl)cc2OC)cn1. The standard InChI is InChI=1S/C20H25ClN4O2/c1-4-15-7-5-6-8-25(15)20-22-11-14(12-23-20)19(26)24-17-9-13(2)16(21)10-18(17)27-3/h9-12,15H,4-8H2,1-3H3,(H,24,26). The molecule has 7 heteroatoms. The van der Waals surface area contributed by atoms with Crippen molar-refractivity contribution in [3.05, 3.63) is 40.7 Å². The zero-order chi connectivity index (χ0) is 19.4. The van der Waals surface area contributed by atoms with Crippen LogP contribution >= 0.6 is 11.6 Å². The summed E-state index contributed by atoms with van der Waals surface area (Å²) < 4.78 is 5.30. The second kappa shape index (κ2) is 8.57. The van der Waals surface area contributed by atoms with E-state index in [1.165, 1.54) is 13.5 Å². The van der Waals surface area contributed by atoms with E-state index in [-0.39, 0.29) is 5.91 Å². The van der Waals surface area contributed by atoms with Crippen LogP contribution in [0.15, 0.2) is 24.5 Å². The van der Waals surface area contributed by atoms with Crippen molar-refractivity contribution in [2.24, 2.45) is 0 Å². The summed E-state index contributed by atoms with van der Waals surface area (Å²) in [4.78, 5) is 23.7. The number of anilines is 2. The van der Waals surface area contributed by atoms with Crippen LogP contribution in [0.3, 0.4) is 0 Å². The molecule has 1 aromatic carbocycles. The summed E-state index contributed by atoms with van der Waals surface area (Å²) in [7, 11) is 1.54. The van der Waals surface area contributed by atoms with E-state index in [4.69, 9.17) is 16.3 Å². The van der Waals surface area contributed by atoms with Gasteiger partial charge in [-0.3, -0.25) is 4.79 Å². The number of hydrogen-bond acceptors (Lipinski definition) is 5. The molecule has 144 valence electrons. The van der Waals surface area contributed by atoms with Gasteiger partial charge < -0.3 is 15.0 Å². The summed E-state index contributed by atoms with van der Waals surface area (Å²) in [5.41, 5.74) is 1.82. The fourth-order valence-electron chi connectivity index (χ4n) is 3.40. The lowest BCUT2D eigenvalue weighted by Gasteiger charge is -2.35. The first kappa shape index (κ1) is 19.4. The summed E-state index contributed by atoms with van der Waals surface area (Å²) in [5.74, 6) is 0.917. The van der Waals surface area contributed by atoms with Crippen molar-refractivity contribution in [2.45, 2.75) is 45.6 Å². The third-order valence-corrected chi connectivity index (χ3v) is 5.39. The maximum Gasteiger partial charge on any atom is 0.258 e. The van der Waals surface area contributed by atoms with Crippen molar-refractivity contribution in [3.63, 3.8) is 0 Å². The van der Waals surface area contributed by atoms with Gasteiger partial charge in [0.15, 0.2) is 0 Å². The van der Waals surface area contributed by atoms with E-state index < -0.39 is 0 Å². The lowest BCUT2D eigenvalue weighted by molar-refractivity contribution is 0.102. The average Bonchev–Trinajstić information content (AvgIpc) is 2.70. The minimum absolute atomic E-state index is 0.285. The molecular formula is C20H25ClN4O2. The summed E-state index contributed by atoms with van der Waals surface area (Å²) >= 11 is 6.12. The highest BCUT2D eigenvalue weighted by molar-refractivity contribution is 6.31. The first-order valence-electron chi connectivity index (χ1n) is 9.27. The van der Waals surface area contributed by atoms with Gasteiger partial charge >= 0.3 is 0 Å². The minimum atomic E-state index is -0.285. The zero-order valence-electron chi connectivity index (χ0n) is 16.0. The molecule has 0 aliphatic carbocycles. The predicted octanol–water partition coefficient (Wildman–Crippen LogP) is 4.47. The van der Waals surface area contributed by atoms with Gasteiger partial charge in [-0.05, 0) is 44.2 Å². The van der Waals surface area contributed by atoms with Crippen LogP contribution < -0.4 is 15.0 Å². The number of aromatic nitrogens is 2. The largest absolute Gasteiger partial charge is 0.495 e. The number of halogens is 1. The fraction of sp³-hybridized carbons (Fsp3) is 0.450. The Labute approximate surface area is 164 Å². The predicted molar refractivity (Wildman–Crippen MR) is 108 cm³/mol. The highest BCUT2D eigenvalue weighted by atomic mass is 35.5. The quantitative estimate of drug-likeness (QED) is 0.818. The molecule has 1 N–H and O–H groups in total. The van der Waals surface area contributed by atoms with Crippen LogP contribution in [0.5, 0.6) is 5.75 Å². The second-order valence-corrected chi connectivity index (χ2v) is 7.19. The van der Waals surface area contributed by atoms with E-state index in [0.717, 1.165) is 31.4 Å². The Balaban J connectivity index is 1.75. The first-order valence-corrected chi connectivity index (χ1v) is 9.65. The Morgan fingerprint density at radius 1 is 1.33 bits per heavy atom. The molecule has 0 spiro atoms. The molecule has 6 nitrogen and oxygen atoms in total. The average molecular weight is 389 g/mol. The van der Waals surface area contributed by atoms with Crippen molar-refractivity contribution in [1.82, 2.24) is 9.97 Å². The lowest BCUT2D eigenvalue weighted by Crippen LogP contribution is -2.40. The number of amides is 1. The van der Waals surface area contributed by atoms with Crippen LogP contribution in [0.2, 0.25) is 5.02 Å². The maximum absolute atomic E-state index is 12.6. The van der Waals surface area contributed by atoms with Gasteiger partial charge in [0.2, 0.25) is 5.95 Å². The second-order valence-electron chi connectivity index (χ2n) is 6.78. The highest BCUT2D eigenvalue weighted by Crippen LogP contribution is 2.31. The van der Waals surface area contributed by atoms with E-state index in [1.54, 1.807) is 24.5 Å². The molecular weight excluding hydrogens is 364 g/mol. The lowest BCUT2D eigenvalue weighted by atomic mass is 10.0. The molecule has 0 saturated carbocycles. The Morgan fingerprint density at radius 2 is 2.07 bits per heavy atom. The van der Waals surface area contributed by atoms with Gasteiger partial charge in [-0.25, -0.2) is 9.97 Å². The summed E-state index contributed by atoms with van der Waals surface area (Å²) in [6, 6.07) is 3.95. The number of carbonyl (C=O) groups is 1. The van der Waals surface area contributed by atoms with Gasteiger partial charge in [0, 0.05) is 36.1 Å². The van der Waals surface area contributed by atoms with Crippen molar-refractivity contribution < 1.29 is 9.53 Å². The number of rotatable bonds is 5. The number of aryl methyl sites for hydroxylation is 1. The Morgan fingerprint density at radius 3 is 2.74 bits per heavy atom. The number of methoxy groups -OCH3 is 1. The van der Waals surface area contributed by atoms with Gasteiger partial charge in [0.1, 0.15) is 5.75 Å². The van der Waals surface area contributed by atoms with Crippen molar-refractivity contribution in [1.29, 1.82) is 0 Å². The summed E-state index contributed by atoms with van der Waals surface area (Å²) in [6.45, 7) is 5.02. The number of benzene rings is 1. The van der Waals surface area contributed by atoms with E-state index in [2.05, 4.69) is 27.1 Å². The van der Waals surface area contributed by atoms with Gasteiger partial charge in [0.25, 0.3) is 5.91 Å². The van der Waals surface area contributed by atoms with E-state index >= 15 is 0 Å². The van der Waals surface area contributed by atoms with Crippen LogP contribution in [0, 0.1) is 6.92 Å². The number of piperidine rings is 1. The first-order chi connectivity index (χ1) is 13.0. The van der Waals surface area contributed by atoms with Crippen LogP contribution in [0.25, 0.3) is 0 Å². The van der Waals surface area contributed by atoms with Gasteiger partial charge in [0.05, 0.1) is 18.4 Å². The number of ether oxygens (including phenoxy) is 1. The maximum atomic E-state index is 12.6. The zero-order valence-corrected chi connectivity index (χ0v) is 16.7. The van der Waals surface area contributed by atoms with Gasteiger partial charge in [-0.2, -0.15) is 0 Å². The van der Waals surface area contributed by atoms with Crippen molar-refractivity contribution in [3.8, 4) is 5.75 Å². The molecule has 1 aliphatic heterocycles. The van der Waals surface area contributed by atoms with Crippen LogP contribution in [-0.2, 0) is 0 Å². The molecule has 1 unspecified atom stereocenters.